The Morgan fingerprint density at radius 1 is 0.481 bits per heavy atom. The molecule has 3 aliphatic heterocycles. The van der Waals surface area contributed by atoms with Gasteiger partial charge >= 0.3 is 35.8 Å². The number of esters is 6. The fraction of sp³-hybridized carbons (Fsp3) is 0.619. The molecule has 0 unspecified atom stereocenters. The second-order valence-corrected chi connectivity index (χ2v) is 32.8. The van der Waals surface area contributed by atoms with Crippen molar-refractivity contribution in [1.29, 1.82) is 0 Å². The highest BCUT2D eigenvalue weighted by atomic mass is 16.8. The molecule has 22 nitrogen and oxygen atoms in total. The van der Waals surface area contributed by atoms with Gasteiger partial charge in [-0.05, 0) is 125 Å². The largest absolute Gasteiger partial charge is 0.460 e. The molecule has 12 rings (SSSR count). The van der Waals surface area contributed by atoms with Gasteiger partial charge in [0.05, 0.1) is 57.3 Å². The summed E-state index contributed by atoms with van der Waals surface area (Å²) >= 11 is 0. The minimum absolute atomic E-state index is 0.00351. The molecule has 1 N–H and O–H groups in total. The van der Waals surface area contributed by atoms with E-state index >= 15 is 0 Å². The number of hydrogen-bond donors (Lipinski definition) is 1. The first kappa shape index (κ1) is 78.6. The summed E-state index contributed by atoms with van der Waals surface area (Å²) in [6.45, 7) is 21.8. The Morgan fingerprint density at radius 2 is 0.972 bits per heavy atom. The zero-order valence-corrected chi connectivity index (χ0v) is 63.4. The predicted octanol–water partition coefficient (Wildman–Crippen LogP) is 12.1. The van der Waals surface area contributed by atoms with Crippen LogP contribution in [0.5, 0.6) is 0 Å². The topological polar surface area (TPSA) is 261 Å². The van der Waals surface area contributed by atoms with E-state index in [1.165, 1.54) is 12.5 Å². The molecule has 3 heterocycles. The molecule has 106 heavy (non-hydrogen) atoms. The maximum atomic E-state index is 14.9. The molecule has 0 radical (unpaired) electrons. The highest BCUT2D eigenvalue weighted by Gasteiger charge is 2.71. The van der Waals surface area contributed by atoms with Crippen LogP contribution in [0.3, 0.4) is 0 Å². The standard InChI is InChI=1S/C84H108O22/c1-50(85)98-63-48-95-75(71(101-53(4)88)68(63)99-51(2)86)103-64-49-96-76(72(102-54(5)89)69(64)100-52(3)87)105-73-70(94-45-57-29-21-15-22-30-57)67(93-44-56-27-19-14-20-28-56)62(47-92-43-55-25-17-13-18-26-55)104-77(73)106-74-61(90)42-81(10)65(80(74,8)9)35-36-83(12)66(81)34-33-59-60-41-79(6,7)37-39-84(60,40-38-82(59,83)11)78(91)97-46-58-31-23-16-24-32-58/h13-33,60-77,90H,34-49H2,1-12H3/t60-,61+,62+,63-,64+,65-,66+,67+,68-,69-,70-,71+,72+,73+,74-,75-,76-,77-,81-,82+,83+,84-/m0/s1. The Kier molecular flexibility index (Phi) is 24.2. The smallest absolute Gasteiger partial charge is 0.313 e. The Hall–Kier alpha value is -6.96. The number of benzene rings is 4. The monoisotopic (exact) mass is 1470 g/mol. The summed E-state index contributed by atoms with van der Waals surface area (Å²) in [7, 11) is 0. The van der Waals surface area contributed by atoms with E-state index in [0.717, 1.165) is 101 Å². The third-order valence-corrected chi connectivity index (χ3v) is 24.9. The van der Waals surface area contributed by atoms with E-state index in [-0.39, 0.29) is 73.0 Å². The summed E-state index contributed by atoms with van der Waals surface area (Å²) in [5, 5.41) is 13.5. The minimum atomic E-state index is -1.65. The van der Waals surface area contributed by atoms with Crippen LogP contribution in [0.15, 0.2) is 133 Å². The van der Waals surface area contributed by atoms with Gasteiger partial charge in [-0.15, -0.1) is 0 Å². The van der Waals surface area contributed by atoms with Gasteiger partial charge < -0.3 is 76.2 Å². The zero-order chi connectivity index (χ0) is 75.5. The molecule has 0 bridgehead atoms. The van der Waals surface area contributed by atoms with Crippen LogP contribution in [0, 0.1) is 50.2 Å². The van der Waals surface area contributed by atoms with Crippen molar-refractivity contribution >= 4 is 35.8 Å². The van der Waals surface area contributed by atoms with Gasteiger partial charge in [-0.3, -0.25) is 28.8 Å². The van der Waals surface area contributed by atoms with Crippen molar-refractivity contribution in [1.82, 2.24) is 0 Å². The molecule has 0 aromatic heterocycles. The lowest BCUT2D eigenvalue weighted by molar-refractivity contribution is -0.388. The third-order valence-electron chi connectivity index (χ3n) is 24.9. The van der Waals surface area contributed by atoms with Crippen LogP contribution in [0.1, 0.15) is 163 Å². The number of aliphatic hydroxyl groups is 1. The first-order chi connectivity index (χ1) is 50.5. The molecule has 7 fully saturated rings. The van der Waals surface area contributed by atoms with Crippen molar-refractivity contribution in [3.05, 3.63) is 155 Å². The molecule has 4 saturated carbocycles. The average molecular weight is 1470 g/mol. The molecule has 3 saturated heterocycles. The van der Waals surface area contributed by atoms with Gasteiger partial charge in [0.25, 0.3) is 0 Å². The average Bonchev–Trinajstić information content (AvgIpc) is 0.673. The Bertz CT molecular complexity index is 3720. The van der Waals surface area contributed by atoms with Crippen LogP contribution in [0.25, 0.3) is 0 Å². The van der Waals surface area contributed by atoms with Gasteiger partial charge in [-0.25, -0.2) is 0 Å². The molecule has 8 aliphatic rings. The van der Waals surface area contributed by atoms with Crippen LogP contribution in [-0.4, -0.2) is 153 Å². The molecular weight excluding hydrogens is 1360 g/mol. The zero-order valence-electron chi connectivity index (χ0n) is 63.4. The number of ether oxygens (including phenoxy) is 15. The Labute approximate surface area is 622 Å². The number of allylic oxidation sites excluding steroid dienone is 2. The SMILES string of the molecule is CC(=O)O[C@@H]1[C@@H](OC(C)=O)[C@H](O[C@@H]2CO[C@@H](O[C@H]3[C@H](O[C@H]4[C@H](O)C[C@]5(C)[C@H]6CC=C7[C@@H]8CC(C)(C)CC[C@]8(C(=O)OCc8ccccc8)CC[C@@]7(C)[C@]6(C)CC[C@H]5C4(C)C)O[C@H](COCc4ccccc4)[C@@H](OCc4ccccc4)[C@@H]3OCc3ccccc3)[C@H](OC(C)=O)[C@H]2OC(C)=O)OC[C@@H]1OC(C)=O. The van der Waals surface area contributed by atoms with Crippen molar-refractivity contribution in [3.63, 3.8) is 0 Å². The van der Waals surface area contributed by atoms with E-state index in [1.807, 2.05) is 121 Å². The first-order valence-electron chi connectivity index (χ1n) is 37.8. The van der Waals surface area contributed by atoms with E-state index < -0.39 is 151 Å². The molecule has 5 aliphatic carbocycles. The summed E-state index contributed by atoms with van der Waals surface area (Å²) < 4.78 is 98.0. The van der Waals surface area contributed by atoms with Gasteiger partial charge in [0.15, 0.2) is 49.4 Å². The first-order valence-corrected chi connectivity index (χ1v) is 37.8. The number of carbonyl (C=O) groups excluding carboxylic acids is 6. The van der Waals surface area contributed by atoms with Crippen molar-refractivity contribution < 1.29 is 105 Å². The van der Waals surface area contributed by atoms with E-state index in [1.54, 1.807) is 0 Å². The lowest BCUT2D eigenvalue weighted by atomic mass is 9.33. The van der Waals surface area contributed by atoms with E-state index in [4.69, 9.17) is 71.1 Å². The van der Waals surface area contributed by atoms with E-state index in [2.05, 4.69) is 54.5 Å². The summed E-state index contributed by atoms with van der Waals surface area (Å²) in [6.07, 6.45) is -10.4. The number of fused-ring (bicyclic) bond motifs is 7. The van der Waals surface area contributed by atoms with Crippen LogP contribution in [-0.2, 0) is 126 Å². The Balaban J connectivity index is 0.900. The molecule has 22 atom stereocenters. The molecule has 22 heteroatoms. The van der Waals surface area contributed by atoms with Gasteiger partial charge in [0.1, 0.15) is 37.1 Å². The molecule has 0 amide bonds. The molecular formula is C84H108O22. The van der Waals surface area contributed by atoms with Gasteiger partial charge in [0, 0.05) is 34.6 Å². The summed E-state index contributed by atoms with van der Waals surface area (Å²) in [5.74, 6) is -3.95. The van der Waals surface area contributed by atoms with Crippen LogP contribution < -0.4 is 0 Å². The summed E-state index contributed by atoms with van der Waals surface area (Å²) in [5.41, 5.74) is 2.66. The molecule has 576 valence electrons. The molecule has 0 spiro atoms. The number of rotatable bonds is 24. The highest BCUT2D eigenvalue weighted by Crippen LogP contribution is 2.76. The van der Waals surface area contributed by atoms with Crippen LogP contribution in [0.4, 0.5) is 0 Å². The van der Waals surface area contributed by atoms with Crippen molar-refractivity contribution in [3.8, 4) is 0 Å². The van der Waals surface area contributed by atoms with Crippen molar-refractivity contribution in [2.24, 2.45) is 50.2 Å². The normalized spacial score (nSPS) is 36.4. The van der Waals surface area contributed by atoms with E-state index in [0.29, 0.717) is 6.42 Å². The van der Waals surface area contributed by atoms with Crippen molar-refractivity contribution in [2.75, 3.05) is 19.8 Å². The van der Waals surface area contributed by atoms with Crippen LogP contribution >= 0.6 is 0 Å². The van der Waals surface area contributed by atoms with Gasteiger partial charge in [-0.1, -0.05) is 181 Å². The maximum Gasteiger partial charge on any atom is 0.313 e. The lowest BCUT2D eigenvalue weighted by Crippen LogP contribution is -2.69. The maximum absolute atomic E-state index is 14.9. The second kappa shape index (κ2) is 32.7. The molecule has 4 aromatic rings. The summed E-state index contributed by atoms with van der Waals surface area (Å²) in [6, 6.07) is 38.9. The second-order valence-electron chi connectivity index (χ2n) is 32.8. The summed E-state index contributed by atoms with van der Waals surface area (Å²) in [4.78, 5) is 79.9. The van der Waals surface area contributed by atoms with E-state index in [9.17, 15) is 33.9 Å². The van der Waals surface area contributed by atoms with Crippen LogP contribution in [0.2, 0.25) is 0 Å². The number of aliphatic hydroxyl groups excluding tert-OH is 1. The third kappa shape index (κ3) is 16.6. The molecule has 4 aromatic carbocycles. The number of carbonyl (C=O) groups is 6. The lowest BCUT2D eigenvalue weighted by Gasteiger charge is -2.71. The van der Waals surface area contributed by atoms with Gasteiger partial charge in [-0.2, -0.15) is 0 Å². The minimum Gasteiger partial charge on any atom is -0.460 e. The fourth-order valence-corrected chi connectivity index (χ4v) is 19.9. The predicted molar refractivity (Wildman–Crippen MR) is 383 cm³/mol. The Morgan fingerprint density at radius 3 is 1.53 bits per heavy atom. The fourth-order valence-electron chi connectivity index (χ4n) is 19.9. The number of hydrogen-bond acceptors (Lipinski definition) is 22. The highest BCUT2D eigenvalue weighted by molar-refractivity contribution is 5.79. The van der Waals surface area contributed by atoms with Gasteiger partial charge in [0.2, 0.25) is 0 Å². The van der Waals surface area contributed by atoms with Crippen molar-refractivity contribution in [2.45, 2.75) is 259 Å². The quantitative estimate of drug-likeness (QED) is 0.0296.